The SMILES string of the molecule is CNC(=O)c1ccc(N[C@H]2CC[C@@H](Oc3cc(N4CCOCC4)cc4nccnc34)CC2)cn1. The molecule has 1 aliphatic carbocycles. The molecule has 2 aliphatic rings. The zero-order valence-electron chi connectivity index (χ0n) is 19.4. The lowest BCUT2D eigenvalue weighted by Gasteiger charge is -2.31. The number of aromatic nitrogens is 3. The lowest BCUT2D eigenvalue weighted by atomic mass is 9.92. The van der Waals surface area contributed by atoms with Crippen LogP contribution in [0.15, 0.2) is 42.9 Å². The van der Waals surface area contributed by atoms with Crippen LogP contribution in [0.4, 0.5) is 11.4 Å². The molecule has 9 heteroatoms. The van der Waals surface area contributed by atoms with Gasteiger partial charge in [-0.1, -0.05) is 0 Å². The fraction of sp³-hybridized carbons (Fsp3) is 0.440. The van der Waals surface area contributed by atoms with Gasteiger partial charge in [0, 0.05) is 50.3 Å². The third kappa shape index (κ3) is 5.04. The van der Waals surface area contributed by atoms with Crippen LogP contribution in [0, 0.1) is 0 Å². The smallest absolute Gasteiger partial charge is 0.269 e. The predicted octanol–water partition coefficient (Wildman–Crippen LogP) is 3.02. The summed E-state index contributed by atoms with van der Waals surface area (Å²) in [6.07, 6.45) is 9.18. The summed E-state index contributed by atoms with van der Waals surface area (Å²) in [7, 11) is 1.60. The van der Waals surface area contributed by atoms with Crippen molar-refractivity contribution >= 4 is 28.3 Å². The van der Waals surface area contributed by atoms with Crippen molar-refractivity contribution in [2.75, 3.05) is 43.6 Å². The van der Waals surface area contributed by atoms with Crippen LogP contribution in [-0.2, 0) is 4.74 Å². The molecule has 0 spiro atoms. The van der Waals surface area contributed by atoms with Gasteiger partial charge in [0.15, 0.2) is 0 Å². The molecule has 178 valence electrons. The van der Waals surface area contributed by atoms with Crippen molar-refractivity contribution in [2.24, 2.45) is 0 Å². The average Bonchev–Trinajstić information content (AvgIpc) is 2.90. The van der Waals surface area contributed by atoms with E-state index in [9.17, 15) is 4.79 Å². The first-order valence-electron chi connectivity index (χ1n) is 11.9. The summed E-state index contributed by atoms with van der Waals surface area (Å²) in [6, 6.07) is 8.19. The van der Waals surface area contributed by atoms with Crippen LogP contribution in [0.2, 0.25) is 0 Å². The second-order valence-corrected chi connectivity index (χ2v) is 8.71. The topological polar surface area (TPSA) is 102 Å². The van der Waals surface area contributed by atoms with E-state index in [1.807, 2.05) is 6.07 Å². The van der Waals surface area contributed by atoms with Crippen molar-refractivity contribution in [3.8, 4) is 5.75 Å². The molecule has 1 aliphatic heterocycles. The Balaban J connectivity index is 1.23. The van der Waals surface area contributed by atoms with Gasteiger partial charge in [-0.3, -0.25) is 9.78 Å². The zero-order valence-corrected chi connectivity index (χ0v) is 19.4. The number of nitrogens with zero attached hydrogens (tertiary/aromatic N) is 4. The molecule has 1 amide bonds. The first kappa shape index (κ1) is 22.3. The molecule has 9 nitrogen and oxygen atoms in total. The number of carbonyl (C=O) groups excluding carboxylic acids is 1. The van der Waals surface area contributed by atoms with Crippen LogP contribution in [0.5, 0.6) is 5.75 Å². The molecule has 1 saturated heterocycles. The van der Waals surface area contributed by atoms with Gasteiger partial charge in [-0.05, 0) is 43.9 Å². The molecule has 5 rings (SSSR count). The van der Waals surface area contributed by atoms with Gasteiger partial charge in [0.1, 0.15) is 17.0 Å². The Morgan fingerprint density at radius 1 is 1.06 bits per heavy atom. The lowest BCUT2D eigenvalue weighted by Crippen LogP contribution is -2.36. The van der Waals surface area contributed by atoms with Gasteiger partial charge < -0.3 is 25.0 Å². The minimum Gasteiger partial charge on any atom is -0.488 e. The maximum absolute atomic E-state index is 11.7. The van der Waals surface area contributed by atoms with Gasteiger partial charge in [-0.15, -0.1) is 0 Å². The molecular weight excluding hydrogens is 432 g/mol. The number of benzene rings is 1. The summed E-state index contributed by atoms with van der Waals surface area (Å²) in [5.41, 5.74) is 4.11. The second-order valence-electron chi connectivity index (χ2n) is 8.71. The highest BCUT2D eigenvalue weighted by Gasteiger charge is 2.24. The van der Waals surface area contributed by atoms with Crippen molar-refractivity contribution in [3.63, 3.8) is 0 Å². The van der Waals surface area contributed by atoms with Gasteiger partial charge in [0.2, 0.25) is 0 Å². The van der Waals surface area contributed by atoms with Crippen molar-refractivity contribution in [1.29, 1.82) is 0 Å². The normalized spacial score (nSPS) is 20.7. The van der Waals surface area contributed by atoms with Gasteiger partial charge in [0.05, 0.1) is 36.7 Å². The average molecular weight is 463 g/mol. The number of pyridine rings is 1. The molecule has 2 N–H and O–H groups in total. The largest absolute Gasteiger partial charge is 0.488 e. The first-order chi connectivity index (χ1) is 16.7. The lowest BCUT2D eigenvalue weighted by molar-refractivity contribution is 0.0958. The zero-order chi connectivity index (χ0) is 23.3. The van der Waals surface area contributed by atoms with E-state index in [-0.39, 0.29) is 12.0 Å². The molecule has 1 saturated carbocycles. The number of carbonyl (C=O) groups is 1. The molecule has 0 bridgehead atoms. The van der Waals surface area contributed by atoms with Gasteiger partial charge in [-0.25, -0.2) is 9.97 Å². The van der Waals surface area contributed by atoms with E-state index in [0.717, 1.165) is 80.1 Å². The third-order valence-electron chi connectivity index (χ3n) is 6.46. The molecule has 0 radical (unpaired) electrons. The highest BCUT2D eigenvalue weighted by molar-refractivity contribution is 5.92. The van der Waals surface area contributed by atoms with E-state index in [4.69, 9.17) is 9.47 Å². The Kier molecular flexibility index (Phi) is 6.71. The maximum atomic E-state index is 11.7. The van der Waals surface area contributed by atoms with E-state index in [2.05, 4.69) is 42.6 Å². The quantitative estimate of drug-likeness (QED) is 0.577. The van der Waals surface area contributed by atoms with E-state index >= 15 is 0 Å². The number of anilines is 2. The monoisotopic (exact) mass is 462 g/mol. The van der Waals surface area contributed by atoms with E-state index in [0.29, 0.717) is 11.7 Å². The van der Waals surface area contributed by atoms with Crippen LogP contribution in [0.1, 0.15) is 36.2 Å². The van der Waals surface area contributed by atoms with Crippen molar-refractivity contribution in [2.45, 2.75) is 37.8 Å². The van der Waals surface area contributed by atoms with Gasteiger partial charge in [0.25, 0.3) is 5.91 Å². The molecule has 0 atom stereocenters. The number of morpholine rings is 1. The summed E-state index contributed by atoms with van der Waals surface area (Å²) in [6.45, 7) is 3.19. The van der Waals surface area contributed by atoms with Crippen molar-refractivity contribution in [1.82, 2.24) is 20.3 Å². The Labute approximate surface area is 198 Å². The van der Waals surface area contributed by atoms with Gasteiger partial charge >= 0.3 is 0 Å². The Morgan fingerprint density at radius 3 is 2.59 bits per heavy atom. The van der Waals surface area contributed by atoms with Gasteiger partial charge in [-0.2, -0.15) is 0 Å². The van der Waals surface area contributed by atoms with Crippen LogP contribution in [0.3, 0.4) is 0 Å². The van der Waals surface area contributed by atoms with Crippen LogP contribution in [-0.4, -0.2) is 66.4 Å². The molecular formula is C25H30N6O3. The van der Waals surface area contributed by atoms with Crippen LogP contribution in [0.25, 0.3) is 11.0 Å². The number of fused-ring (bicyclic) bond motifs is 1. The second kappa shape index (κ2) is 10.2. The number of hydrogen-bond acceptors (Lipinski definition) is 8. The minimum absolute atomic E-state index is 0.136. The number of amides is 1. The number of nitrogens with one attached hydrogen (secondary N) is 2. The molecule has 1 aromatic carbocycles. The van der Waals surface area contributed by atoms with Crippen molar-refractivity contribution in [3.05, 3.63) is 48.5 Å². The van der Waals surface area contributed by atoms with E-state index < -0.39 is 0 Å². The molecule has 2 aromatic heterocycles. The van der Waals surface area contributed by atoms with Crippen LogP contribution >= 0.6 is 0 Å². The fourth-order valence-electron chi connectivity index (χ4n) is 4.60. The van der Waals surface area contributed by atoms with E-state index in [1.165, 1.54) is 0 Å². The molecule has 2 fully saturated rings. The Hall–Kier alpha value is -3.46. The summed E-state index contributed by atoms with van der Waals surface area (Å²) in [4.78, 5) is 27.3. The summed E-state index contributed by atoms with van der Waals surface area (Å²) in [5.74, 6) is 0.622. The Bertz CT molecular complexity index is 1130. The number of hydrogen-bond donors (Lipinski definition) is 2. The fourth-order valence-corrected chi connectivity index (χ4v) is 4.60. The van der Waals surface area contributed by atoms with Crippen LogP contribution < -0.4 is 20.3 Å². The predicted molar refractivity (Wildman–Crippen MR) is 130 cm³/mol. The standard InChI is InChI=1S/C25H30N6O3/c1-26-25(32)21-7-4-18(16-29-21)30-17-2-5-20(6-3-17)34-23-15-19(31-10-12-33-13-11-31)14-22-24(23)28-9-8-27-22/h4,7-9,14-17,20,30H,2-3,5-6,10-13H2,1H3,(H,26,32)/t17-,20+. The third-order valence-corrected chi connectivity index (χ3v) is 6.46. The highest BCUT2D eigenvalue weighted by Crippen LogP contribution is 2.33. The summed E-state index contributed by atoms with van der Waals surface area (Å²) in [5, 5.41) is 6.13. The maximum Gasteiger partial charge on any atom is 0.269 e. The minimum atomic E-state index is -0.181. The van der Waals surface area contributed by atoms with Crippen molar-refractivity contribution < 1.29 is 14.3 Å². The molecule has 3 heterocycles. The molecule has 0 unspecified atom stereocenters. The Morgan fingerprint density at radius 2 is 1.85 bits per heavy atom. The summed E-state index contributed by atoms with van der Waals surface area (Å²) < 4.78 is 12.0. The summed E-state index contributed by atoms with van der Waals surface area (Å²) >= 11 is 0. The molecule has 34 heavy (non-hydrogen) atoms. The highest BCUT2D eigenvalue weighted by atomic mass is 16.5. The first-order valence-corrected chi connectivity index (χ1v) is 11.9. The van der Waals surface area contributed by atoms with E-state index in [1.54, 1.807) is 31.7 Å². The number of rotatable bonds is 6. The number of ether oxygens (including phenoxy) is 2. The molecule has 3 aromatic rings.